The number of aromatic nitrogens is 2. The summed E-state index contributed by atoms with van der Waals surface area (Å²) in [7, 11) is -4.60. The minimum absolute atomic E-state index is 0.0160. The maximum absolute atomic E-state index is 13.9. The van der Waals surface area contributed by atoms with E-state index in [4.69, 9.17) is 9.47 Å². The van der Waals surface area contributed by atoms with Crippen LogP contribution in [0.5, 0.6) is 11.5 Å². The van der Waals surface area contributed by atoms with Gasteiger partial charge in [0, 0.05) is 87.5 Å². The molecule has 0 unspecified atom stereocenters. The molecule has 0 saturated carbocycles. The van der Waals surface area contributed by atoms with Gasteiger partial charge in [-0.15, -0.1) is 0 Å². The summed E-state index contributed by atoms with van der Waals surface area (Å²) in [6, 6.07) is 11.9. The molecule has 2 aromatic heterocycles. The molecule has 0 radical (unpaired) electrons. The molecule has 2 aliphatic heterocycles. The zero-order chi connectivity index (χ0) is 44.2. The highest BCUT2D eigenvalue weighted by molar-refractivity contribution is 7.90. The maximum atomic E-state index is 13.9. The molecule has 0 atom stereocenters. The summed E-state index contributed by atoms with van der Waals surface area (Å²) >= 11 is 0. The summed E-state index contributed by atoms with van der Waals surface area (Å²) in [4.78, 5) is 36.6. The molecule has 7 rings (SSSR count). The Morgan fingerprint density at radius 3 is 2.56 bits per heavy atom. The number of carbonyl (C=O) groups is 1. The Hall–Kier alpha value is -5.46. The van der Waals surface area contributed by atoms with Crippen molar-refractivity contribution < 1.29 is 40.8 Å². The molecule has 2 fully saturated rings. The van der Waals surface area contributed by atoms with Crippen molar-refractivity contribution in [1.82, 2.24) is 19.6 Å². The van der Waals surface area contributed by atoms with E-state index in [9.17, 15) is 36.5 Å². The number of H-pyrrole nitrogens is 1. The molecule has 2 aromatic carbocycles. The van der Waals surface area contributed by atoms with Crippen LogP contribution < -0.4 is 19.7 Å². The van der Waals surface area contributed by atoms with Gasteiger partial charge in [-0.1, -0.05) is 31.6 Å². The van der Waals surface area contributed by atoms with Crippen molar-refractivity contribution in [2.75, 3.05) is 62.7 Å². The van der Waals surface area contributed by atoms with Crippen LogP contribution in [0.25, 0.3) is 11.0 Å². The fraction of sp³-hybridized carbons (Fsp3) is 0.455. The number of halogens is 3. The highest BCUT2D eigenvalue weighted by Gasteiger charge is 2.34. The van der Waals surface area contributed by atoms with E-state index < -0.39 is 43.2 Å². The Bertz CT molecular complexity index is 2460. The zero-order valence-corrected chi connectivity index (χ0v) is 35.7. The molecule has 4 aromatic rings. The van der Waals surface area contributed by atoms with Gasteiger partial charge in [-0.25, -0.2) is 18.1 Å². The molecule has 3 N–H and O–H groups in total. The SMILES string of the molecule is C=C(CCC1=C(CN2CCN(c3ccc(C(=O)NS(=O)(=O)c4ccc(NCC5CCOCC5)c([N+](=O)[O-])c4)c(Oc4cnc5[nH]ccc5c4)c3)CC2)CCC(C)(C)C1)C(F)(F)F. The lowest BCUT2D eigenvalue weighted by atomic mass is 9.73. The predicted octanol–water partition coefficient (Wildman–Crippen LogP) is 8.75. The standard InChI is InChI=1S/C44H52F3N7O7S/c1-29(44(45,46)47)4-5-32-25-43(2,3)14-10-33(32)28-52-16-18-53(19-17-52)34-6-8-37(40(23-34)61-35-22-31-11-15-48-41(31)50-27-35)42(55)51-62(58,59)36-7-9-38(39(24-36)54(56)57)49-26-30-12-20-60-21-13-30/h6-9,11,15,22-24,27,30,49H,1,4-5,10,12-14,16-21,25-26,28H2,2-3H3,(H,48,50)(H,51,55). The molecular weight excluding hydrogens is 828 g/mol. The smallest absolute Gasteiger partial charge is 0.412 e. The second-order valence-electron chi connectivity index (χ2n) is 17.1. The Kier molecular flexibility index (Phi) is 13.3. The summed E-state index contributed by atoms with van der Waals surface area (Å²) in [6.07, 6.45) is 3.18. The van der Waals surface area contributed by atoms with Crippen LogP contribution >= 0.6 is 0 Å². The Balaban J connectivity index is 1.08. The number of benzene rings is 2. The third kappa shape index (κ3) is 10.9. The Labute approximate surface area is 358 Å². The number of pyridine rings is 1. The molecule has 14 nitrogen and oxygen atoms in total. The van der Waals surface area contributed by atoms with E-state index in [0.29, 0.717) is 70.3 Å². The fourth-order valence-corrected chi connectivity index (χ4v) is 9.28. The van der Waals surface area contributed by atoms with Gasteiger partial charge in [-0.2, -0.15) is 13.2 Å². The summed E-state index contributed by atoms with van der Waals surface area (Å²) in [5.41, 5.74) is 2.57. The largest absolute Gasteiger partial charge is 0.455 e. The molecule has 62 heavy (non-hydrogen) atoms. The number of nitrogens with zero attached hydrogens (tertiary/aromatic N) is 4. The molecule has 0 spiro atoms. The number of nitro benzene ring substituents is 1. The van der Waals surface area contributed by atoms with E-state index in [0.717, 1.165) is 54.8 Å². The van der Waals surface area contributed by atoms with Crippen LogP contribution in [0, 0.1) is 21.4 Å². The van der Waals surface area contributed by atoms with Crippen LogP contribution in [0.2, 0.25) is 0 Å². The quantitative estimate of drug-likeness (QED) is 0.0592. The van der Waals surface area contributed by atoms with Crippen molar-refractivity contribution in [3.8, 4) is 11.5 Å². The highest BCUT2D eigenvalue weighted by Crippen LogP contribution is 2.42. The lowest BCUT2D eigenvalue weighted by molar-refractivity contribution is -0.384. The lowest BCUT2D eigenvalue weighted by Gasteiger charge is -2.39. The number of carbonyl (C=O) groups excluding carboxylic acids is 1. The van der Waals surface area contributed by atoms with Crippen LogP contribution in [0.1, 0.15) is 69.2 Å². The lowest BCUT2D eigenvalue weighted by Crippen LogP contribution is -2.47. The molecule has 1 amide bonds. The Morgan fingerprint density at radius 2 is 1.84 bits per heavy atom. The molecule has 1 aliphatic carbocycles. The van der Waals surface area contributed by atoms with Crippen molar-refractivity contribution in [2.45, 2.75) is 69.9 Å². The van der Waals surface area contributed by atoms with Gasteiger partial charge in [-0.3, -0.25) is 19.8 Å². The van der Waals surface area contributed by atoms with Crippen molar-refractivity contribution >= 4 is 44.0 Å². The monoisotopic (exact) mass is 879 g/mol. The van der Waals surface area contributed by atoms with Crippen LogP contribution in [0.4, 0.5) is 30.2 Å². The van der Waals surface area contributed by atoms with Gasteiger partial charge < -0.3 is 24.7 Å². The van der Waals surface area contributed by atoms with Crippen molar-refractivity contribution in [3.05, 3.63) is 99.9 Å². The topological polar surface area (TPSA) is 172 Å². The van der Waals surface area contributed by atoms with Crippen molar-refractivity contribution in [1.29, 1.82) is 0 Å². The molecular formula is C44H52F3N7O7S. The summed E-state index contributed by atoms with van der Waals surface area (Å²) < 4.78 is 80.8. The molecule has 4 heterocycles. The van der Waals surface area contributed by atoms with Crippen LogP contribution in [0.3, 0.4) is 0 Å². The van der Waals surface area contributed by atoms with Gasteiger partial charge >= 0.3 is 6.18 Å². The van der Waals surface area contributed by atoms with E-state index in [-0.39, 0.29) is 34.8 Å². The van der Waals surface area contributed by atoms with Gasteiger partial charge in [-0.05, 0) is 92.7 Å². The van der Waals surface area contributed by atoms with Gasteiger partial charge in [0.05, 0.1) is 21.6 Å². The van der Waals surface area contributed by atoms with Crippen LogP contribution in [0.15, 0.2) is 89.1 Å². The number of piperazine rings is 1. The predicted molar refractivity (Wildman–Crippen MR) is 230 cm³/mol. The number of ether oxygens (including phenoxy) is 2. The van der Waals surface area contributed by atoms with Gasteiger partial charge in [0.25, 0.3) is 21.6 Å². The molecule has 3 aliphatic rings. The molecule has 332 valence electrons. The molecule has 0 bridgehead atoms. The second-order valence-corrected chi connectivity index (χ2v) is 18.8. The van der Waals surface area contributed by atoms with Gasteiger partial charge in [0.15, 0.2) is 0 Å². The number of aromatic amines is 1. The first-order valence-electron chi connectivity index (χ1n) is 20.8. The summed E-state index contributed by atoms with van der Waals surface area (Å²) in [5, 5.41) is 15.9. The first kappa shape index (κ1) is 44.6. The number of amides is 1. The number of nitrogens with one attached hydrogen (secondary N) is 3. The third-order valence-corrected chi connectivity index (χ3v) is 13.3. The highest BCUT2D eigenvalue weighted by atomic mass is 32.2. The number of rotatable bonds is 15. The first-order valence-corrected chi connectivity index (χ1v) is 22.3. The number of fused-ring (bicyclic) bond motifs is 1. The van der Waals surface area contributed by atoms with E-state index >= 15 is 0 Å². The number of allylic oxidation sites excluding steroid dienone is 2. The average Bonchev–Trinajstić information content (AvgIpc) is 3.71. The number of hydrogen-bond acceptors (Lipinski definition) is 11. The van der Waals surface area contributed by atoms with Gasteiger partial charge in [0.1, 0.15) is 22.8 Å². The fourth-order valence-electron chi connectivity index (χ4n) is 8.29. The van der Waals surface area contributed by atoms with E-state index in [1.165, 1.54) is 30.0 Å². The number of nitro groups is 1. The van der Waals surface area contributed by atoms with Crippen molar-refractivity contribution in [2.24, 2.45) is 11.3 Å². The van der Waals surface area contributed by atoms with Crippen LogP contribution in [-0.4, -0.2) is 92.8 Å². The maximum Gasteiger partial charge on any atom is 0.412 e. The summed E-state index contributed by atoms with van der Waals surface area (Å²) in [6.45, 7) is 12.5. The normalized spacial score (nSPS) is 17.9. The van der Waals surface area contributed by atoms with Crippen molar-refractivity contribution in [3.63, 3.8) is 0 Å². The molecule has 18 heteroatoms. The van der Waals surface area contributed by atoms with E-state index in [2.05, 4.69) is 50.2 Å². The third-order valence-electron chi connectivity index (χ3n) is 12.0. The van der Waals surface area contributed by atoms with Gasteiger partial charge in [0.2, 0.25) is 0 Å². The first-order chi connectivity index (χ1) is 29.4. The number of sulfonamides is 1. The van der Waals surface area contributed by atoms with Crippen LogP contribution in [-0.2, 0) is 14.8 Å². The number of hydrogen-bond donors (Lipinski definition) is 3. The van der Waals surface area contributed by atoms with E-state index in [1.807, 2.05) is 6.07 Å². The number of alkyl halides is 3. The second kappa shape index (κ2) is 18.5. The average molecular weight is 880 g/mol. The zero-order valence-electron chi connectivity index (χ0n) is 34.9. The Morgan fingerprint density at radius 1 is 1.08 bits per heavy atom. The molecule has 2 saturated heterocycles. The minimum atomic E-state index is -4.60. The van der Waals surface area contributed by atoms with E-state index in [1.54, 1.807) is 24.4 Å². The minimum Gasteiger partial charge on any atom is -0.455 e. The number of anilines is 2. The summed E-state index contributed by atoms with van der Waals surface area (Å²) in [5.74, 6) is -0.391.